The molecule has 1 amide bonds. The van der Waals surface area contributed by atoms with Crippen LogP contribution in [0.2, 0.25) is 0 Å². The van der Waals surface area contributed by atoms with Crippen molar-refractivity contribution in [2.75, 3.05) is 18.0 Å². The van der Waals surface area contributed by atoms with Crippen molar-refractivity contribution >= 4 is 21.6 Å². The van der Waals surface area contributed by atoms with Gasteiger partial charge in [0.25, 0.3) is 10.0 Å². The standard InChI is InChI=1S/C27H32N2O4S/c1-6-26(22-13-12-20(3)21(4)16-22)28-27(30)18-29(23-8-7-9-24(17-23)33-5)34(31,32)25-14-10-19(2)11-15-25/h7-17,26H,6,18H2,1-5H3,(H,28,30). The minimum Gasteiger partial charge on any atom is -0.497 e. The SMILES string of the molecule is CCC(NC(=O)CN(c1cccc(OC)c1)S(=O)(=O)c1ccc(C)cc1)c1ccc(C)c(C)c1. The van der Waals surface area contributed by atoms with Crippen molar-refractivity contribution in [3.05, 3.63) is 89.0 Å². The number of carbonyl (C=O) groups is 1. The Balaban J connectivity index is 1.93. The van der Waals surface area contributed by atoms with Gasteiger partial charge in [-0.1, -0.05) is 48.9 Å². The Morgan fingerprint density at radius 2 is 1.68 bits per heavy atom. The van der Waals surface area contributed by atoms with E-state index >= 15 is 0 Å². The number of carbonyl (C=O) groups excluding carboxylic acids is 1. The summed E-state index contributed by atoms with van der Waals surface area (Å²) in [5, 5.41) is 3.01. The van der Waals surface area contributed by atoms with Crippen molar-refractivity contribution in [2.45, 2.75) is 45.1 Å². The normalized spacial score (nSPS) is 12.1. The Hall–Kier alpha value is -3.32. The van der Waals surface area contributed by atoms with Gasteiger partial charge in [-0.3, -0.25) is 9.10 Å². The topological polar surface area (TPSA) is 75.7 Å². The third-order valence-electron chi connectivity index (χ3n) is 5.91. The van der Waals surface area contributed by atoms with Gasteiger partial charge in [0, 0.05) is 6.07 Å². The lowest BCUT2D eigenvalue weighted by Crippen LogP contribution is -2.42. The number of sulfonamides is 1. The summed E-state index contributed by atoms with van der Waals surface area (Å²) >= 11 is 0. The fraction of sp³-hybridized carbons (Fsp3) is 0.296. The van der Waals surface area contributed by atoms with Gasteiger partial charge >= 0.3 is 0 Å². The van der Waals surface area contributed by atoms with Crippen molar-refractivity contribution in [2.24, 2.45) is 0 Å². The molecule has 0 radical (unpaired) electrons. The van der Waals surface area contributed by atoms with E-state index in [2.05, 4.69) is 11.4 Å². The summed E-state index contributed by atoms with van der Waals surface area (Å²) in [5.74, 6) is 0.118. The number of benzene rings is 3. The number of rotatable bonds is 9. The third-order valence-corrected chi connectivity index (χ3v) is 7.70. The maximum atomic E-state index is 13.6. The van der Waals surface area contributed by atoms with Crippen molar-refractivity contribution in [1.29, 1.82) is 0 Å². The van der Waals surface area contributed by atoms with E-state index in [4.69, 9.17) is 4.74 Å². The predicted octanol–water partition coefficient (Wildman–Crippen LogP) is 5.08. The highest BCUT2D eigenvalue weighted by Crippen LogP contribution is 2.27. The maximum absolute atomic E-state index is 13.6. The third kappa shape index (κ3) is 5.78. The summed E-state index contributed by atoms with van der Waals surface area (Å²) in [6.45, 7) is 7.60. The first-order valence-electron chi connectivity index (χ1n) is 11.3. The fourth-order valence-electron chi connectivity index (χ4n) is 3.69. The van der Waals surface area contributed by atoms with Crippen LogP contribution in [-0.2, 0) is 14.8 Å². The highest BCUT2D eigenvalue weighted by Gasteiger charge is 2.28. The number of amides is 1. The van der Waals surface area contributed by atoms with Gasteiger partial charge in [0.05, 0.1) is 23.7 Å². The molecule has 7 heteroatoms. The van der Waals surface area contributed by atoms with Crippen LogP contribution in [0.4, 0.5) is 5.69 Å². The van der Waals surface area contributed by atoms with Gasteiger partial charge in [-0.2, -0.15) is 0 Å². The van der Waals surface area contributed by atoms with E-state index in [0.717, 1.165) is 21.0 Å². The molecule has 0 heterocycles. The quantitative estimate of drug-likeness (QED) is 0.463. The smallest absolute Gasteiger partial charge is 0.264 e. The van der Waals surface area contributed by atoms with Gasteiger partial charge in [0.2, 0.25) is 5.91 Å². The first-order chi connectivity index (χ1) is 16.1. The number of aryl methyl sites for hydroxylation is 3. The molecule has 0 aliphatic carbocycles. The van der Waals surface area contributed by atoms with Crippen LogP contribution in [0.1, 0.15) is 41.6 Å². The second-order valence-electron chi connectivity index (χ2n) is 8.40. The molecule has 6 nitrogen and oxygen atoms in total. The molecular weight excluding hydrogens is 448 g/mol. The van der Waals surface area contributed by atoms with Gasteiger partial charge < -0.3 is 10.1 Å². The molecule has 0 saturated heterocycles. The molecule has 0 saturated carbocycles. The fourth-order valence-corrected chi connectivity index (χ4v) is 5.10. The minimum absolute atomic E-state index is 0.120. The summed E-state index contributed by atoms with van der Waals surface area (Å²) in [6, 6.07) is 19.2. The second kappa shape index (κ2) is 10.7. The molecule has 1 unspecified atom stereocenters. The summed E-state index contributed by atoms with van der Waals surface area (Å²) in [7, 11) is -2.48. The highest BCUT2D eigenvalue weighted by molar-refractivity contribution is 7.92. The number of nitrogens with zero attached hydrogens (tertiary/aromatic N) is 1. The van der Waals surface area contributed by atoms with Crippen LogP contribution in [0.3, 0.4) is 0 Å². The van der Waals surface area contributed by atoms with Crippen LogP contribution < -0.4 is 14.4 Å². The molecule has 3 rings (SSSR count). The molecule has 0 bridgehead atoms. The molecular formula is C27H32N2O4S. The van der Waals surface area contributed by atoms with Crippen LogP contribution in [0.5, 0.6) is 5.75 Å². The molecule has 0 aromatic heterocycles. The van der Waals surface area contributed by atoms with E-state index < -0.39 is 10.0 Å². The predicted molar refractivity (Wildman–Crippen MR) is 136 cm³/mol. The maximum Gasteiger partial charge on any atom is 0.264 e. The average molecular weight is 481 g/mol. The van der Waals surface area contributed by atoms with Gasteiger partial charge in [-0.15, -0.1) is 0 Å². The van der Waals surface area contributed by atoms with E-state index in [1.165, 1.54) is 12.7 Å². The van der Waals surface area contributed by atoms with E-state index in [0.29, 0.717) is 17.9 Å². The number of hydrogen-bond donors (Lipinski definition) is 1. The molecule has 34 heavy (non-hydrogen) atoms. The van der Waals surface area contributed by atoms with E-state index in [-0.39, 0.29) is 23.4 Å². The number of anilines is 1. The summed E-state index contributed by atoms with van der Waals surface area (Å²) < 4.78 is 33.6. The Bertz CT molecular complexity index is 1250. The van der Waals surface area contributed by atoms with Crippen LogP contribution in [-0.4, -0.2) is 28.0 Å². The molecule has 3 aromatic carbocycles. The monoisotopic (exact) mass is 480 g/mol. The lowest BCUT2D eigenvalue weighted by Gasteiger charge is -2.26. The lowest BCUT2D eigenvalue weighted by molar-refractivity contribution is -0.120. The first-order valence-corrected chi connectivity index (χ1v) is 12.7. The Labute approximate surface area is 202 Å². The summed E-state index contributed by atoms with van der Waals surface area (Å²) in [4.78, 5) is 13.3. The van der Waals surface area contributed by atoms with Crippen LogP contribution >= 0.6 is 0 Å². The van der Waals surface area contributed by atoms with Crippen molar-refractivity contribution in [3.8, 4) is 5.75 Å². The molecule has 1 N–H and O–H groups in total. The first kappa shape index (κ1) is 25.3. The van der Waals surface area contributed by atoms with Crippen LogP contribution in [0.15, 0.2) is 71.6 Å². The largest absolute Gasteiger partial charge is 0.497 e. The Kier molecular flexibility index (Phi) is 7.99. The molecule has 1 atom stereocenters. The summed E-state index contributed by atoms with van der Waals surface area (Å²) in [6.07, 6.45) is 0.679. The second-order valence-corrected chi connectivity index (χ2v) is 10.3. The van der Waals surface area contributed by atoms with Crippen LogP contribution in [0, 0.1) is 20.8 Å². The van der Waals surface area contributed by atoms with Gasteiger partial charge in [-0.25, -0.2) is 8.42 Å². The molecule has 0 spiro atoms. The van der Waals surface area contributed by atoms with Crippen LogP contribution in [0.25, 0.3) is 0 Å². The lowest BCUT2D eigenvalue weighted by atomic mass is 9.99. The number of hydrogen-bond acceptors (Lipinski definition) is 4. The summed E-state index contributed by atoms with van der Waals surface area (Å²) in [5.41, 5.74) is 4.62. The molecule has 0 aliphatic heterocycles. The van der Waals surface area contributed by atoms with E-state index in [1.807, 2.05) is 39.8 Å². The number of nitrogens with one attached hydrogen (secondary N) is 1. The Morgan fingerprint density at radius 1 is 0.971 bits per heavy atom. The average Bonchev–Trinajstić information content (AvgIpc) is 2.83. The van der Waals surface area contributed by atoms with Crippen molar-refractivity contribution in [3.63, 3.8) is 0 Å². The zero-order valence-corrected chi connectivity index (χ0v) is 21.1. The molecule has 3 aromatic rings. The zero-order valence-electron chi connectivity index (χ0n) is 20.3. The minimum atomic E-state index is -3.99. The van der Waals surface area contributed by atoms with Gasteiger partial charge in [0.1, 0.15) is 12.3 Å². The Morgan fingerprint density at radius 3 is 2.29 bits per heavy atom. The van der Waals surface area contributed by atoms with E-state index in [9.17, 15) is 13.2 Å². The highest BCUT2D eigenvalue weighted by atomic mass is 32.2. The van der Waals surface area contributed by atoms with E-state index in [1.54, 1.807) is 48.5 Å². The molecule has 0 fully saturated rings. The zero-order chi connectivity index (χ0) is 24.9. The van der Waals surface area contributed by atoms with Gasteiger partial charge in [0.15, 0.2) is 0 Å². The van der Waals surface area contributed by atoms with Crippen molar-refractivity contribution in [1.82, 2.24) is 5.32 Å². The number of methoxy groups -OCH3 is 1. The van der Waals surface area contributed by atoms with Gasteiger partial charge in [-0.05, 0) is 68.1 Å². The molecule has 180 valence electrons. The number of ether oxygens (including phenoxy) is 1. The van der Waals surface area contributed by atoms with Crippen molar-refractivity contribution < 1.29 is 17.9 Å². The molecule has 0 aliphatic rings.